The van der Waals surface area contributed by atoms with Crippen molar-refractivity contribution < 1.29 is 13.2 Å². The fourth-order valence-corrected chi connectivity index (χ4v) is 6.55. The van der Waals surface area contributed by atoms with Crippen LogP contribution in [0.15, 0.2) is 16.3 Å². The van der Waals surface area contributed by atoms with E-state index in [4.69, 9.17) is 0 Å². The largest absolute Gasteiger partial charge is 0.350 e. The van der Waals surface area contributed by atoms with E-state index in [1.165, 1.54) is 27.4 Å². The van der Waals surface area contributed by atoms with Crippen molar-refractivity contribution in [3.8, 4) is 0 Å². The van der Waals surface area contributed by atoms with Gasteiger partial charge in [-0.15, -0.1) is 23.1 Å². The summed E-state index contributed by atoms with van der Waals surface area (Å²) in [5.41, 5.74) is -0.376. The van der Waals surface area contributed by atoms with Gasteiger partial charge in [-0.05, 0) is 39.8 Å². The summed E-state index contributed by atoms with van der Waals surface area (Å²) in [4.78, 5) is 13.3. The van der Waals surface area contributed by atoms with Crippen molar-refractivity contribution in [3.63, 3.8) is 0 Å². The van der Waals surface area contributed by atoms with Crippen LogP contribution in [0.25, 0.3) is 0 Å². The number of rotatable bonds is 3. The SMILES string of the molecule is Cc1ccc(S(=O)(=O)N2CSCC2C(=O)NC(C)(C)C)s1. The molecule has 1 unspecified atom stereocenters. The first kappa shape index (κ1) is 16.8. The fraction of sp³-hybridized carbons (Fsp3) is 0.615. The number of nitrogens with zero attached hydrogens (tertiary/aromatic N) is 1. The maximum absolute atomic E-state index is 12.7. The van der Waals surface area contributed by atoms with Gasteiger partial charge in [0.15, 0.2) is 0 Å². The molecule has 0 bridgehead atoms. The highest BCUT2D eigenvalue weighted by Crippen LogP contribution is 2.31. The lowest BCUT2D eigenvalue weighted by molar-refractivity contribution is -0.125. The second-order valence-corrected chi connectivity index (χ2v) is 10.4. The number of nitrogens with one attached hydrogen (secondary N) is 1. The Labute approximate surface area is 134 Å². The lowest BCUT2D eigenvalue weighted by atomic mass is 10.1. The topological polar surface area (TPSA) is 66.5 Å². The molecule has 1 aliphatic heterocycles. The van der Waals surface area contributed by atoms with Crippen molar-refractivity contribution in [2.24, 2.45) is 0 Å². The predicted octanol–water partition coefficient (Wildman–Crippen LogP) is 2.03. The van der Waals surface area contributed by atoms with Crippen LogP contribution in [-0.4, -0.2) is 41.8 Å². The van der Waals surface area contributed by atoms with Crippen LogP contribution in [0.4, 0.5) is 0 Å². The van der Waals surface area contributed by atoms with E-state index in [1.807, 2.05) is 27.7 Å². The van der Waals surface area contributed by atoms with Gasteiger partial charge >= 0.3 is 0 Å². The molecule has 8 heteroatoms. The van der Waals surface area contributed by atoms with Crippen LogP contribution in [0.3, 0.4) is 0 Å². The van der Waals surface area contributed by atoms with E-state index in [1.54, 1.807) is 12.1 Å². The average molecular weight is 349 g/mol. The van der Waals surface area contributed by atoms with E-state index in [0.717, 1.165) is 4.88 Å². The van der Waals surface area contributed by atoms with Crippen molar-refractivity contribution in [3.05, 3.63) is 17.0 Å². The summed E-state index contributed by atoms with van der Waals surface area (Å²) in [6, 6.07) is 2.75. The van der Waals surface area contributed by atoms with Crippen LogP contribution >= 0.6 is 23.1 Å². The number of hydrogen-bond donors (Lipinski definition) is 1. The Morgan fingerprint density at radius 2 is 2.05 bits per heavy atom. The van der Waals surface area contributed by atoms with Gasteiger partial charge < -0.3 is 5.32 Å². The minimum Gasteiger partial charge on any atom is -0.350 e. The number of carbonyl (C=O) groups is 1. The van der Waals surface area contributed by atoms with Crippen LogP contribution in [0.1, 0.15) is 25.6 Å². The van der Waals surface area contributed by atoms with Gasteiger partial charge in [0, 0.05) is 16.2 Å². The lowest BCUT2D eigenvalue weighted by Gasteiger charge is -2.26. The Bertz CT molecular complexity index is 631. The van der Waals surface area contributed by atoms with Gasteiger partial charge in [0.25, 0.3) is 10.0 Å². The minimum absolute atomic E-state index is 0.232. The Hall–Kier alpha value is -0.570. The second-order valence-electron chi connectivity index (χ2n) is 6.01. The third kappa shape index (κ3) is 3.80. The number of carbonyl (C=O) groups excluding carboxylic acids is 1. The van der Waals surface area contributed by atoms with E-state index in [2.05, 4.69) is 5.32 Å². The molecule has 1 fully saturated rings. The predicted molar refractivity (Wildman–Crippen MR) is 87.1 cm³/mol. The van der Waals surface area contributed by atoms with Crippen molar-refractivity contribution >= 4 is 39.0 Å². The maximum Gasteiger partial charge on any atom is 0.254 e. The van der Waals surface area contributed by atoms with Gasteiger partial charge in [-0.1, -0.05) is 0 Å². The van der Waals surface area contributed by atoms with Crippen LogP contribution in [0, 0.1) is 6.92 Å². The second kappa shape index (κ2) is 5.91. The first-order valence-corrected chi connectivity index (χ1v) is 10.0. The molecule has 21 heavy (non-hydrogen) atoms. The van der Waals surface area contributed by atoms with E-state index in [9.17, 15) is 13.2 Å². The molecule has 0 radical (unpaired) electrons. The normalized spacial score (nSPS) is 20.7. The fourth-order valence-electron chi connectivity index (χ4n) is 1.99. The number of aryl methyl sites for hydroxylation is 1. The maximum atomic E-state index is 12.7. The first-order chi connectivity index (χ1) is 9.61. The van der Waals surface area contributed by atoms with Gasteiger partial charge in [0.05, 0.1) is 5.88 Å². The molecule has 1 aliphatic rings. The van der Waals surface area contributed by atoms with E-state index in [0.29, 0.717) is 15.8 Å². The minimum atomic E-state index is -3.60. The summed E-state index contributed by atoms with van der Waals surface area (Å²) < 4.78 is 27.0. The first-order valence-electron chi connectivity index (χ1n) is 6.59. The highest BCUT2D eigenvalue weighted by molar-refractivity contribution is 8.01. The van der Waals surface area contributed by atoms with E-state index < -0.39 is 16.1 Å². The molecular weight excluding hydrogens is 328 g/mol. The molecule has 1 N–H and O–H groups in total. The molecule has 5 nitrogen and oxygen atoms in total. The average Bonchev–Trinajstić information content (AvgIpc) is 2.94. The molecular formula is C13H20N2O3S3. The number of thiophene rings is 1. The van der Waals surface area contributed by atoms with Crippen LogP contribution in [0.5, 0.6) is 0 Å². The van der Waals surface area contributed by atoms with Crippen LogP contribution in [-0.2, 0) is 14.8 Å². The molecule has 0 aromatic carbocycles. The Morgan fingerprint density at radius 3 is 2.57 bits per heavy atom. The zero-order valence-corrected chi connectivity index (χ0v) is 15.0. The summed E-state index contributed by atoms with van der Waals surface area (Å²) in [6.07, 6.45) is 0. The number of sulfonamides is 1. The van der Waals surface area contributed by atoms with E-state index >= 15 is 0 Å². The van der Waals surface area contributed by atoms with Crippen molar-refractivity contribution in [1.29, 1.82) is 0 Å². The van der Waals surface area contributed by atoms with Gasteiger partial charge in [0.2, 0.25) is 5.91 Å². The Balaban J connectivity index is 2.24. The molecule has 1 aromatic heterocycles. The monoisotopic (exact) mass is 348 g/mol. The molecule has 0 spiro atoms. The molecule has 2 heterocycles. The van der Waals surface area contributed by atoms with E-state index in [-0.39, 0.29) is 11.4 Å². The van der Waals surface area contributed by atoms with Crippen molar-refractivity contribution in [2.45, 2.75) is 43.5 Å². The zero-order chi connectivity index (χ0) is 15.8. The molecule has 0 aliphatic carbocycles. The standard InChI is InChI=1S/C13H20N2O3S3/c1-9-5-6-11(20-9)21(17,18)15-8-19-7-10(15)12(16)14-13(2,3)4/h5-6,10H,7-8H2,1-4H3,(H,14,16). The third-order valence-corrected chi connectivity index (χ3v) is 7.42. The Kier molecular flexibility index (Phi) is 4.72. The Morgan fingerprint density at radius 1 is 1.38 bits per heavy atom. The molecule has 1 atom stereocenters. The summed E-state index contributed by atoms with van der Waals surface area (Å²) in [7, 11) is -3.60. The summed E-state index contributed by atoms with van der Waals surface area (Å²) in [5.74, 6) is 0.580. The molecule has 2 rings (SSSR count). The van der Waals surface area contributed by atoms with Crippen molar-refractivity contribution in [2.75, 3.05) is 11.6 Å². The van der Waals surface area contributed by atoms with Gasteiger partial charge in [-0.2, -0.15) is 4.31 Å². The van der Waals surface area contributed by atoms with Crippen LogP contribution in [0.2, 0.25) is 0 Å². The zero-order valence-electron chi connectivity index (χ0n) is 12.5. The molecule has 1 saturated heterocycles. The van der Waals surface area contributed by atoms with Gasteiger partial charge in [0.1, 0.15) is 10.3 Å². The molecule has 1 amide bonds. The number of amides is 1. The highest BCUT2D eigenvalue weighted by atomic mass is 32.2. The number of thioether (sulfide) groups is 1. The molecule has 0 saturated carbocycles. The molecule has 118 valence electrons. The van der Waals surface area contributed by atoms with Crippen molar-refractivity contribution in [1.82, 2.24) is 9.62 Å². The smallest absolute Gasteiger partial charge is 0.254 e. The quantitative estimate of drug-likeness (QED) is 0.908. The highest BCUT2D eigenvalue weighted by Gasteiger charge is 2.41. The summed E-state index contributed by atoms with van der Waals surface area (Å²) >= 11 is 2.70. The molecule has 1 aromatic rings. The van der Waals surface area contributed by atoms with Gasteiger partial charge in [-0.3, -0.25) is 4.79 Å². The van der Waals surface area contributed by atoms with Crippen LogP contribution < -0.4 is 5.32 Å². The lowest BCUT2D eigenvalue weighted by Crippen LogP contribution is -2.52. The van der Waals surface area contributed by atoms with Gasteiger partial charge in [-0.25, -0.2) is 8.42 Å². The number of hydrogen-bond acceptors (Lipinski definition) is 5. The third-order valence-electron chi connectivity index (χ3n) is 2.92. The summed E-state index contributed by atoms with van der Waals surface area (Å²) in [5, 5.41) is 2.86. The summed E-state index contributed by atoms with van der Waals surface area (Å²) in [6.45, 7) is 7.52.